The second-order valence-electron chi connectivity index (χ2n) is 4.49. The highest BCUT2D eigenvalue weighted by molar-refractivity contribution is 7.10. The molecule has 20 heavy (non-hydrogen) atoms. The molecule has 0 saturated carbocycles. The van der Waals surface area contributed by atoms with E-state index in [1.807, 2.05) is 11.9 Å². The van der Waals surface area contributed by atoms with Crippen molar-refractivity contribution in [2.45, 2.75) is 19.9 Å². The number of nitrogens with one attached hydrogen (secondary N) is 2. The number of likely N-dealkylation sites (N-methyl/N-ethyl adjacent to an activating group) is 1. The van der Waals surface area contributed by atoms with Crippen LogP contribution in [0.25, 0.3) is 0 Å². The van der Waals surface area contributed by atoms with Crippen molar-refractivity contribution in [2.75, 3.05) is 45.7 Å². The highest BCUT2D eigenvalue weighted by atomic mass is 32.1. The number of rotatable bonds is 10. The first-order valence-electron chi connectivity index (χ1n) is 6.66. The molecular formula is C12H23N5O2S. The van der Waals surface area contributed by atoms with Crippen molar-refractivity contribution in [3.8, 4) is 0 Å². The molecule has 7 nitrogen and oxygen atoms in total. The Labute approximate surface area is 123 Å². The fraction of sp³-hybridized carbons (Fsp3) is 0.750. The number of ether oxygens (including phenoxy) is 1. The normalized spacial score (nSPS) is 10.8. The van der Waals surface area contributed by atoms with Gasteiger partial charge >= 0.3 is 0 Å². The summed E-state index contributed by atoms with van der Waals surface area (Å²) in [7, 11) is 3.50. The number of carbonyl (C=O) groups excluding carboxylic acids is 1. The molecule has 114 valence electrons. The number of amides is 1. The van der Waals surface area contributed by atoms with E-state index in [1.54, 1.807) is 7.11 Å². The molecule has 0 aromatic carbocycles. The number of anilines is 1. The maximum Gasteiger partial charge on any atom is 0.234 e. The van der Waals surface area contributed by atoms with Crippen molar-refractivity contribution in [1.29, 1.82) is 0 Å². The third-order valence-corrected chi connectivity index (χ3v) is 3.28. The largest absolute Gasteiger partial charge is 0.383 e. The molecule has 0 aliphatic carbocycles. The molecule has 0 saturated heterocycles. The Kier molecular flexibility index (Phi) is 8.08. The summed E-state index contributed by atoms with van der Waals surface area (Å²) < 4.78 is 8.84. The highest BCUT2D eigenvalue weighted by Gasteiger charge is 2.12. The van der Waals surface area contributed by atoms with Crippen LogP contribution in [0.15, 0.2) is 0 Å². The Morgan fingerprint density at radius 1 is 1.45 bits per heavy atom. The molecule has 2 N–H and O–H groups in total. The van der Waals surface area contributed by atoms with Crippen LogP contribution in [0.4, 0.5) is 5.00 Å². The number of hydrogen-bond acceptors (Lipinski definition) is 7. The maximum atomic E-state index is 11.7. The smallest absolute Gasteiger partial charge is 0.234 e. The number of methoxy groups -OCH3 is 1. The van der Waals surface area contributed by atoms with E-state index in [1.165, 1.54) is 11.5 Å². The predicted molar refractivity (Wildman–Crippen MR) is 79.9 cm³/mol. The molecule has 0 unspecified atom stereocenters. The topological polar surface area (TPSA) is 79.4 Å². The average molecular weight is 301 g/mol. The van der Waals surface area contributed by atoms with E-state index in [0.29, 0.717) is 26.2 Å². The Hall–Kier alpha value is -1.25. The summed E-state index contributed by atoms with van der Waals surface area (Å²) >= 11 is 1.35. The summed E-state index contributed by atoms with van der Waals surface area (Å²) in [6, 6.07) is 0. The fourth-order valence-electron chi connectivity index (χ4n) is 1.59. The van der Waals surface area contributed by atoms with E-state index in [2.05, 4.69) is 27.1 Å². The molecule has 0 radical (unpaired) electrons. The van der Waals surface area contributed by atoms with Gasteiger partial charge in [-0.2, -0.15) is 0 Å². The Morgan fingerprint density at radius 3 is 2.95 bits per heavy atom. The molecule has 0 aliphatic heterocycles. The summed E-state index contributed by atoms with van der Waals surface area (Å²) in [5, 5.41) is 11.2. The number of carbonyl (C=O) groups is 1. The molecule has 1 aromatic heterocycles. The molecule has 1 aromatic rings. The van der Waals surface area contributed by atoms with Gasteiger partial charge in [0.1, 0.15) is 10.7 Å². The van der Waals surface area contributed by atoms with Crippen LogP contribution >= 0.6 is 11.5 Å². The van der Waals surface area contributed by atoms with Gasteiger partial charge in [0, 0.05) is 38.3 Å². The zero-order valence-corrected chi connectivity index (χ0v) is 13.1. The van der Waals surface area contributed by atoms with E-state index in [0.717, 1.165) is 23.7 Å². The molecule has 0 atom stereocenters. The maximum absolute atomic E-state index is 11.7. The van der Waals surface area contributed by atoms with Gasteiger partial charge in [-0.3, -0.25) is 9.69 Å². The lowest BCUT2D eigenvalue weighted by molar-refractivity contribution is -0.122. The molecule has 1 amide bonds. The first-order chi connectivity index (χ1) is 9.67. The van der Waals surface area contributed by atoms with Crippen LogP contribution in [0.3, 0.4) is 0 Å². The van der Waals surface area contributed by atoms with Gasteiger partial charge in [-0.1, -0.05) is 11.4 Å². The molecule has 8 heteroatoms. The SMILES string of the molecule is CCCNc1snnc1CN(C)CC(=O)NCCOC. The van der Waals surface area contributed by atoms with Crippen molar-refractivity contribution >= 4 is 22.4 Å². The van der Waals surface area contributed by atoms with Gasteiger partial charge in [-0.15, -0.1) is 5.10 Å². The van der Waals surface area contributed by atoms with Crippen LogP contribution < -0.4 is 10.6 Å². The van der Waals surface area contributed by atoms with Crippen LogP contribution in [0.2, 0.25) is 0 Å². The quantitative estimate of drug-likeness (QED) is 0.615. The molecular weight excluding hydrogens is 278 g/mol. The van der Waals surface area contributed by atoms with Crippen molar-refractivity contribution in [2.24, 2.45) is 0 Å². The summed E-state index contributed by atoms with van der Waals surface area (Å²) in [4.78, 5) is 13.6. The van der Waals surface area contributed by atoms with E-state index in [4.69, 9.17) is 4.74 Å². The Bertz CT molecular complexity index is 399. The molecule has 0 spiro atoms. The highest BCUT2D eigenvalue weighted by Crippen LogP contribution is 2.18. The number of aromatic nitrogens is 2. The van der Waals surface area contributed by atoms with Gasteiger partial charge in [0.2, 0.25) is 5.91 Å². The van der Waals surface area contributed by atoms with E-state index >= 15 is 0 Å². The van der Waals surface area contributed by atoms with Crippen LogP contribution in [0.1, 0.15) is 19.0 Å². The summed E-state index contributed by atoms with van der Waals surface area (Å²) in [5.41, 5.74) is 0.885. The Balaban J connectivity index is 2.36. The van der Waals surface area contributed by atoms with E-state index < -0.39 is 0 Å². The summed E-state index contributed by atoms with van der Waals surface area (Å²) in [6.07, 6.45) is 1.05. The first-order valence-corrected chi connectivity index (χ1v) is 7.44. The molecule has 1 rings (SSSR count). The van der Waals surface area contributed by atoms with Crippen molar-refractivity contribution in [3.05, 3.63) is 5.69 Å². The van der Waals surface area contributed by atoms with Crippen molar-refractivity contribution in [3.63, 3.8) is 0 Å². The minimum atomic E-state index is -0.0178. The van der Waals surface area contributed by atoms with Gasteiger partial charge in [0.05, 0.1) is 13.2 Å². The second kappa shape index (κ2) is 9.62. The fourth-order valence-corrected chi connectivity index (χ4v) is 2.19. The van der Waals surface area contributed by atoms with Crippen LogP contribution in [0.5, 0.6) is 0 Å². The lowest BCUT2D eigenvalue weighted by atomic mass is 10.4. The van der Waals surface area contributed by atoms with Gasteiger partial charge in [-0.25, -0.2) is 0 Å². The summed E-state index contributed by atoms with van der Waals surface area (Å²) in [5.74, 6) is -0.0178. The monoisotopic (exact) mass is 301 g/mol. The summed E-state index contributed by atoms with van der Waals surface area (Å²) in [6.45, 7) is 4.99. The minimum Gasteiger partial charge on any atom is -0.383 e. The van der Waals surface area contributed by atoms with Gasteiger partial charge < -0.3 is 15.4 Å². The lowest BCUT2D eigenvalue weighted by Crippen LogP contribution is -2.36. The minimum absolute atomic E-state index is 0.0178. The van der Waals surface area contributed by atoms with Crippen LogP contribution in [-0.2, 0) is 16.1 Å². The third-order valence-electron chi connectivity index (χ3n) is 2.55. The zero-order chi connectivity index (χ0) is 14.8. The van der Waals surface area contributed by atoms with E-state index in [-0.39, 0.29) is 5.91 Å². The van der Waals surface area contributed by atoms with Crippen molar-refractivity contribution in [1.82, 2.24) is 19.8 Å². The zero-order valence-electron chi connectivity index (χ0n) is 12.3. The first kappa shape index (κ1) is 16.8. The average Bonchev–Trinajstić information content (AvgIpc) is 2.83. The third kappa shape index (κ3) is 6.27. The van der Waals surface area contributed by atoms with Crippen molar-refractivity contribution < 1.29 is 9.53 Å². The van der Waals surface area contributed by atoms with Crippen LogP contribution in [-0.4, -0.2) is 60.8 Å². The molecule has 0 fully saturated rings. The molecule has 0 bridgehead atoms. The van der Waals surface area contributed by atoms with Crippen LogP contribution in [0, 0.1) is 0 Å². The predicted octanol–water partition coefficient (Wildman–Crippen LogP) is 0.554. The molecule has 1 heterocycles. The number of hydrogen-bond donors (Lipinski definition) is 2. The van der Waals surface area contributed by atoms with Gasteiger partial charge in [0.15, 0.2) is 0 Å². The number of nitrogens with zero attached hydrogens (tertiary/aromatic N) is 3. The van der Waals surface area contributed by atoms with Gasteiger partial charge in [0.25, 0.3) is 0 Å². The lowest BCUT2D eigenvalue weighted by Gasteiger charge is -2.15. The van der Waals surface area contributed by atoms with Gasteiger partial charge in [-0.05, 0) is 13.5 Å². The second-order valence-corrected chi connectivity index (χ2v) is 5.24. The Morgan fingerprint density at radius 2 is 2.25 bits per heavy atom. The van der Waals surface area contributed by atoms with E-state index in [9.17, 15) is 4.79 Å². The molecule has 0 aliphatic rings. The standard InChI is InChI=1S/C12H23N5O2S/c1-4-5-14-12-10(15-16-20-12)8-17(2)9-11(18)13-6-7-19-3/h14H,4-9H2,1-3H3,(H,13,18).